The Bertz CT molecular complexity index is 1020. The Labute approximate surface area is 168 Å². The van der Waals surface area contributed by atoms with E-state index in [1.165, 1.54) is 0 Å². The molecule has 0 aliphatic heterocycles. The molecule has 0 saturated heterocycles. The van der Waals surface area contributed by atoms with Crippen LogP contribution in [-0.4, -0.2) is 18.7 Å². The summed E-state index contributed by atoms with van der Waals surface area (Å²) >= 11 is 6.04. The maximum absolute atomic E-state index is 13.5. The molecule has 0 aromatic heterocycles. The lowest BCUT2D eigenvalue weighted by Gasteiger charge is -2.29. The van der Waals surface area contributed by atoms with Crippen molar-refractivity contribution in [1.29, 1.82) is 0 Å². The van der Waals surface area contributed by atoms with Crippen molar-refractivity contribution in [2.24, 2.45) is 0 Å². The zero-order valence-corrected chi connectivity index (χ0v) is 16.0. The van der Waals surface area contributed by atoms with Crippen LogP contribution in [0.25, 0.3) is 0 Å². The lowest BCUT2D eigenvalue weighted by Crippen LogP contribution is -2.46. The Morgan fingerprint density at radius 2 is 1.54 bits per heavy atom. The van der Waals surface area contributed by atoms with E-state index in [9.17, 15) is 9.59 Å². The van der Waals surface area contributed by atoms with E-state index < -0.39 is 5.54 Å². The van der Waals surface area contributed by atoms with E-state index in [4.69, 9.17) is 16.3 Å². The van der Waals surface area contributed by atoms with Crippen molar-refractivity contribution < 1.29 is 14.3 Å². The molecule has 28 heavy (non-hydrogen) atoms. The number of rotatable bonds is 5. The Balaban J connectivity index is 1.87. The van der Waals surface area contributed by atoms with Crippen LogP contribution in [0, 0.1) is 0 Å². The molecule has 0 atom stereocenters. The number of nitrogens with one attached hydrogen (secondary N) is 1. The molecule has 0 bridgehead atoms. The van der Waals surface area contributed by atoms with Gasteiger partial charge in [0.05, 0.1) is 6.61 Å². The van der Waals surface area contributed by atoms with Gasteiger partial charge in [-0.3, -0.25) is 9.59 Å². The van der Waals surface area contributed by atoms with E-state index in [1.807, 2.05) is 24.3 Å². The van der Waals surface area contributed by atoms with Crippen LogP contribution < -0.4 is 5.32 Å². The Morgan fingerprint density at radius 1 is 0.893 bits per heavy atom. The largest absolute Gasteiger partial charge is 0.380 e. The maximum atomic E-state index is 13.5. The summed E-state index contributed by atoms with van der Waals surface area (Å²) in [6, 6.07) is 21.2. The summed E-state index contributed by atoms with van der Waals surface area (Å²) in [5.41, 5.74) is 1.47. The normalized spacial score (nSPS) is 14.8. The second kappa shape index (κ2) is 7.23. The number of carbonyl (C=O) groups is 2. The van der Waals surface area contributed by atoms with Crippen molar-refractivity contribution in [2.75, 3.05) is 12.4 Å². The summed E-state index contributed by atoms with van der Waals surface area (Å²) in [7, 11) is 1.62. The van der Waals surface area contributed by atoms with Crippen LogP contribution in [0.2, 0.25) is 5.02 Å². The van der Waals surface area contributed by atoms with Gasteiger partial charge < -0.3 is 10.1 Å². The van der Waals surface area contributed by atoms with Crippen LogP contribution in [0.5, 0.6) is 0 Å². The second-order valence-corrected chi connectivity index (χ2v) is 7.16. The lowest BCUT2D eigenvalue weighted by molar-refractivity contribution is 0.0819. The SMILES string of the molecule is COCc1cccc(NC2(c3ccc(Cl)cc3)C(=O)c3ccccc3C2=O)c1. The third-order valence-electron chi connectivity index (χ3n) is 4.94. The van der Waals surface area contributed by atoms with Gasteiger partial charge in [0.1, 0.15) is 0 Å². The van der Waals surface area contributed by atoms with Crippen molar-refractivity contribution in [3.8, 4) is 0 Å². The zero-order valence-electron chi connectivity index (χ0n) is 15.2. The average molecular weight is 392 g/mol. The summed E-state index contributed by atoms with van der Waals surface area (Å²) in [5.74, 6) is -0.542. The molecule has 0 saturated carbocycles. The first-order chi connectivity index (χ1) is 13.6. The van der Waals surface area contributed by atoms with E-state index in [1.54, 1.807) is 55.6 Å². The third kappa shape index (κ3) is 2.91. The standard InChI is InChI=1S/C23H18ClNO3/c1-28-14-15-5-4-6-18(13-15)25-23(16-9-11-17(24)12-10-16)21(26)19-7-2-3-8-20(19)22(23)27/h2-13,25H,14H2,1H3. The number of ketones is 2. The van der Waals surface area contributed by atoms with Gasteiger partial charge in [0.2, 0.25) is 11.6 Å². The first-order valence-corrected chi connectivity index (χ1v) is 9.25. The van der Waals surface area contributed by atoms with Gasteiger partial charge in [-0.1, -0.05) is 60.1 Å². The van der Waals surface area contributed by atoms with E-state index in [0.29, 0.717) is 34.0 Å². The topological polar surface area (TPSA) is 55.4 Å². The van der Waals surface area contributed by atoms with Gasteiger partial charge in [0.15, 0.2) is 5.54 Å². The predicted octanol–water partition coefficient (Wildman–Crippen LogP) is 4.87. The molecule has 140 valence electrons. The van der Waals surface area contributed by atoms with Gasteiger partial charge in [-0.2, -0.15) is 0 Å². The molecule has 4 nitrogen and oxygen atoms in total. The number of ether oxygens (including phenoxy) is 1. The molecule has 0 radical (unpaired) electrons. The van der Waals surface area contributed by atoms with Crippen molar-refractivity contribution in [3.05, 3.63) is 100 Å². The monoisotopic (exact) mass is 391 g/mol. The van der Waals surface area contributed by atoms with Gasteiger partial charge in [0.25, 0.3) is 0 Å². The summed E-state index contributed by atoms with van der Waals surface area (Å²) in [4.78, 5) is 27.0. The van der Waals surface area contributed by atoms with Gasteiger partial charge >= 0.3 is 0 Å². The minimum atomic E-state index is -1.53. The number of fused-ring (bicyclic) bond motifs is 1. The number of anilines is 1. The molecule has 0 heterocycles. The highest BCUT2D eigenvalue weighted by molar-refractivity contribution is 6.34. The summed E-state index contributed by atoms with van der Waals surface area (Å²) in [6.45, 7) is 0.436. The van der Waals surface area contributed by atoms with Gasteiger partial charge in [-0.25, -0.2) is 0 Å². The van der Waals surface area contributed by atoms with Crippen molar-refractivity contribution in [2.45, 2.75) is 12.1 Å². The molecular weight excluding hydrogens is 374 g/mol. The van der Waals surface area contributed by atoms with Crippen LogP contribution in [0.15, 0.2) is 72.8 Å². The Morgan fingerprint density at radius 3 is 2.14 bits per heavy atom. The zero-order chi connectivity index (χ0) is 19.7. The third-order valence-corrected chi connectivity index (χ3v) is 5.20. The highest BCUT2D eigenvalue weighted by Crippen LogP contribution is 2.40. The molecule has 1 aliphatic rings. The van der Waals surface area contributed by atoms with Crippen molar-refractivity contribution in [1.82, 2.24) is 0 Å². The molecule has 3 aromatic rings. The van der Waals surface area contributed by atoms with Gasteiger partial charge in [0, 0.05) is 28.9 Å². The molecule has 1 aliphatic carbocycles. The quantitative estimate of drug-likeness (QED) is 0.630. The number of Topliss-reactive ketones (excluding diaryl/α,β-unsaturated/α-hetero) is 2. The van der Waals surface area contributed by atoms with Crippen molar-refractivity contribution >= 4 is 28.9 Å². The van der Waals surface area contributed by atoms with Gasteiger partial charge in [-0.15, -0.1) is 0 Å². The highest BCUT2D eigenvalue weighted by Gasteiger charge is 2.54. The fourth-order valence-corrected chi connectivity index (χ4v) is 3.78. The van der Waals surface area contributed by atoms with Crippen LogP contribution in [0.3, 0.4) is 0 Å². The number of hydrogen-bond acceptors (Lipinski definition) is 4. The van der Waals surface area contributed by atoms with Crippen LogP contribution in [0.4, 0.5) is 5.69 Å². The minimum Gasteiger partial charge on any atom is -0.380 e. The number of methoxy groups -OCH3 is 1. The maximum Gasteiger partial charge on any atom is 0.201 e. The number of carbonyl (C=O) groups excluding carboxylic acids is 2. The van der Waals surface area contributed by atoms with E-state index in [2.05, 4.69) is 5.32 Å². The molecule has 3 aromatic carbocycles. The molecule has 5 heteroatoms. The van der Waals surface area contributed by atoms with Crippen LogP contribution in [0.1, 0.15) is 31.8 Å². The number of halogens is 1. The number of benzene rings is 3. The van der Waals surface area contributed by atoms with E-state index in [-0.39, 0.29) is 11.6 Å². The number of hydrogen-bond donors (Lipinski definition) is 1. The molecule has 0 spiro atoms. The Kier molecular flexibility index (Phi) is 4.75. The Hall–Kier alpha value is -2.95. The first kappa shape index (κ1) is 18.4. The summed E-state index contributed by atoms with van der Waals surface area (Å²) in [5, 5.41) is 3.78. The molecular formula is C23H18ClNO3. The lowest BCUT2D eigenvalue weighted by atomic mass is 9.84. The smallest absolute Gasteiger partial charge is 0.201 e. The predicted molar refractivity (Wildman–Crippen MR) is 109 cm³/mol. The van der Waals surface area contributed by atoms with Crippen molar-refractivity contribution in [3.63, 3.8) is 0 Å². The van der Waals surface area contributed by atoms with E-state index in [0.717, 1.165) is 5.56 Å². The van der Waals surface area contributed by atoms with Crippen LogP contribution >= 0.6 is 11.6 Å². The molecule has 4 rings (SSSR count). The summed E-state index contributed by atoms with van der Waals surface area (Å²) in [6.07, 6.45) is 0. The summed E-state index contributed by atoms with van der Waals surface area (Å²) < 4.78 is 5.19. The molecule has 0 amide bonds. The first-order valence-electron chi connectivity index (χ1n) is 8.87. The average Bonchev–Trinajstić information content (AvgIpc) is 2.92. The fourth-order valence-electron chi connectivity index (χ4n) is 3.66. The molecule has 0 unspecified atom stereocenters. The van der Waals surface area contributed by atoms with Gasteiger partial charge in [-0.05, 0) is 35.4 Å². The highest BCUT2D eigenvalue weighted by atomic mass is 35.5. The minimum absolute atomic E-state index is 0.271. The van der Waals surface area contributed by atoms with Crippen LogP contribution in [-0.2, 0) is 16.9 Å². The fraction of sp³-hybridized carbons (Fsp3) is 0.130. The second-order valence-electron chi connectivity index (χ2n) is 6.72. The molecule has 0 fully saturated rings. The van der Waals surface area contributed by atoms with E-state index >= 15 is 0 Å². The molecule has 1 N–H and O–H groups in total.